The summed E-state index contributed by atoms with van der Waals surface area (Å²) in [6.07, 6.45) is 0.0729. The van der Waals surface area contributed by atoms with E-state index in [-0.39, 0.29) is 43.4 Å². The van der Waals surface area contributed by atoms with E-state index in [2.05, 4.69) is 0 Å². The summed E-state index contributed by atoms with van der Waals surface area (Å²) in [5.41, 5.74) is -0.656. The summed E-state index contributed by atoms with van der Waals surface area (Å²) in [6.45, 7) is 1.07. The van der Waals surface area contributed by atoms with Gasteiger partial charge in [-0.15, -0.1) is 0 Å². The van der Waals surface area contributed by atoms with E-state index in [1.165, 1.54) is 25.3 Å². The van der Waals surface area contributed by atoms with E-state index >= 15 is 0 Å². The van der Waals surface area contributed by atoms with E-state index < -0.39 is 29.2 Å². The van der Waals surface area contributed by atoms with Gasteiger partial charge in [-0.2, -0.15) is 0 Å². The number of methoxy groups -OCH3 is 1. The molecule has 35 heavy (non-hydrogen) atoms. The largest absolute Gasteiger partial charge is 0.388 e. The van der Waals surface area contributed by atoms with Crippen molar-refractivity contribution in [2.24, 2.45) is 5.92 Å². The predicted molar refractivity (Wildman–Crippen MR) is 127 cm³/mol. The Hall–Kier alpha value is -3.10. The highest BCUT2D eigenvalue weighted by molar-refractivity contribution is 6.10. The lowest BCUT2D eigenvalue weighted by molar-refractivity contribution is -0.143. The summed E-state index contributed by atoms with van der Waals surface area (Å²) in [4.78, 5) is 42.4. The number of ether oxygens (including phenoxy) is 1. The molecule has 0 bridgehead atoms. The third-order valence-corrected chi connectivity index (χ3v) is 7.25. The topological polar surface area (TPSA) is 87.2 Å². The number of likely N-dealkylation sites (tertiary alicyclic amines) is 2. The van der Waals surface area contributed by atoms with Gasteiger partial charge in [-0.05, 0) is 30.4 Å². The van der Waals surface area contributed by atoms with Gasteiger partial charge in [0.05, 0.1) is 24.7 Å². The average Bonchev–Trinajstić information content (AvgIpc) is 3.12. The number of piperidine rings is 1. The summed E-state index contributed by atoms with van der Waals surface area (Å²) >= 11 is 0. The van der Waals surface area contributed by atoms with Crippen molar-refractivity contribution in [3.8, 4) is 0 Å². The lowest BCUT2D eigenvalue weighted by Crippen LogP contribution is -2.46. The highest BCUT2D eigenvalue weighted by atomic mass is 19.1. The molecule has 2 aliphatic heterocycles. The normalized spacial score (nSPS) is 22.0. The first-order valence-electron chi connectivity index (χ1n) is 12.0. The lowest BCUT2D eigenvalue weighted by atomic mass is 9.75. The molecule has 2 heterocycles. The molecule has 8 heteroatoms. The van der Waals surface area contributed by atoms with Gasteiger partial charge in [0, 0.05) is 38.6 Å². The Labute approximate surface area is 204 Å². The zero-order valence-corrected chi connectivity index (χ0v) is 19.9. The lowest BCUT2D eigenvalue weighted by Gasteiger charge is -2.36. The van der Waals surface area contributed by atoms with Crippen LogP contribution >= 0.6 is 0 Å². The number of nitrogens with zero attached hydrogens (tertiary/aromatic N) is 2. The minimum absolute atomic E-state index is 0.0150. The third kappa shape index (κ3) is 4.99. The Kier molecular flexibility index (Phi) is 7.62. The van der Waals surface area contributed by atoms with Gasteiger partial charge in [-0.3, -0.25) is 19.3 Å². The number of hydrogen-bond acceptors (Lipinski definition) is 5. The molecular formula is C27H31FN2O5. The zero-order chi connectivity index (χ0) is 25.0. The maximum atomic E-state index is 14.9. The first-order valence-corrected chi connectivity index (χ1v) is 12.0. The molecule has 0 saturated carbocycles. The molecule has 2 fully saturated rings. The van der Waals surface area contributed by atoms with Crippen molar-refractivity contribution in [2.75, 3.05) is 33.4 Å². The molecule has 2 aromatic rings. The van der Waals surface area contributed by atoms with E-state index in [1.54, 1.807) is 11.0 Å². The highest BCUT2D eigenvalue weighted by Crippen LogP contribution is 2.42. The smallest absolute Gasteiger partial charge is 0.241 e. The van der Waals surface area contributed by atoms with Crippen LogP contribution in [0.3, 0.4) is 0 Å². The van der Waals surface area contributed by atoms with Crippen LogP contribution in [0.4, 0.5) is 4.39 Å². The van der Waals surface area contributed by atoms with Gasteiger partial charge in [0.1, 0.15) is 5.82 Å². The second-order valence-corrected chi connectivity index (χ2v) is 9.33. The molecule has 186 valence electrons. The van der Waals surface area contributed by atoms with Gasteiger partial charge >= 0.3 is 0 Å². The van der Waals surface area contributed by atoms with Crippen LogP contribution in [0.15, 0.2) is 54.6 Å². The minimum atomic E-state index is -1.58. The van der Waals surface area contributed by atoms with E-state index in [0.29, 0.717) is 25.9 Å². The zero-order valence-electron chi connectivity index (χ0n) is 19.9. The molecule has 7 nitrogen and oxygen atoms in total. The second-order valence-electron chi connectivity index (χ2n) is 9.33. The Morgan fingerprint density at radius 2 is 1.77 bits per heavy atom. The fourth-order valence-corrected chi connectivity index (χ4v) is 5.26. The average molecular weight is 483 g/mol. The van der Waals surface area contributed by atoms with Crippen LogP contribution in [-0.2, 0) is 24.5 Å². The molecule has 2 aliphatic rings. The van der Waals surface area contributed by atoms with E-state index in [4.69, 9.17) is 4.74 Å². The van der Waals surface area contributed by atoms with Crippen LogP contribution in [0.1, 0.15) is 42.9 Å². The molecule has 0 radical (unpaired) electrons. The first kappa shape index (κ1) is 25.0. The van der Waals surface area contributed by atoms with Gasteiger partial charge in [-0.1, -0.05) is 48.5 Å². The molecule has 0 unspecified atom stereocenters. The van der Waals surface area contributed by atoms with Crippen molar-refractivity contribution in [1.29, 1.82) is 0 Å². The number of halogens is 1. The third-order valence-electron chi connectivity index (χ3n) is 7.25. The second kappa shape index (κ2) is 10.7. The first-order chi connectivity index (χ1) is 16.9. The van der Waals surface area contributed by atoms with Crippen LogP contribution in [0.2, 0.25) is 0 Å². The number of benzene rings is 2. The number of carbonyl (C=O) groups is 3. The molecule has 0 spiro atoms. The molecule has 2 saturated heterocycles. The van der Waals surface area contributed by atoms with E-state index in [9.17, 15) is 23.9 Å². The van der Waals surface area contributed by atoms with Gasteiger partial charge in [0.2, 0.25) is 17.7 Å². The summed E-state index contributed by atoms with van der Waals surface area (Å²) in [5.74, 6) is -1.89. The van der Waals surface area contributed by atoms with Gasteiger partial charge in [0.15, 0.2) is 0 Å². The van der Waals surface area contributed by atoms with Crippen LogP contribution in [0, 0.1) is 11.7 Å². The monoisotopic (exact) mass is 482 g/mol. The number of rotatable bonds is 8. The predicted octanol–water partition coefficient (Wildman–Crippen LogP) is 2.83. The van der Waals surface area contributed by atoms with Crippen molar-refractivity contribution >= 4 is 17.7 Å². The molecule has 2 aromatic carbocycles. The van der Waals surface area contributed by atoms with Crippen LogP contribution in [0.5, 0.6) is 0 Å². The fourth-order valence-electron chi connectivity index (χ4n) is 5.26. The summed E-state index contributed by atoms with van der Waals surface area (Å²) in [6, 6.07) is 15.3. The molecule has 0 aromatic heterocycles. The Balaban J connectivity index is 1.51. The van der Waals surface area contributed by atoms with Gasteiger partial charge in [0.25, 0.3) is 0 Å². The number of aliphatic hydroxyl groups is 1. The van der Waals surface area contributed by atoms with Gasteiger partial charge in [-0.25, -0.2) is 4.39 Å². The van der Waals surface area contributed by atoms with Crippen LogP contribution in [-0.4, -0.2) is 66.0 Å². The molecule has 4 rings (SSSR count). The number of hydrogen-bond donors (Lipinski definition) is 1. The number of amides is 3. The summed E-state index contributed by atoms with van der Waals surface area (Å²) in [7, 11) is 1.47. The Morgan fingerprint density at radius 1 is 1.11 bits per heavy atom. The van der Waals surface area contributed by atoms with Crippen molar-refractivity contribution in [1.82, 2.24) is 9.80 Å². The van der Waals surface area contributed by atoms with Crippen molar-refractivity contribution in [2.45, 2.75) is 37.2 Å². The highest BCUT2D eigenvalue weighted by Gasteiger charge is 2.55. The fraction of sp³-hybridized carbons (Fsp3) is 0.444. The SMILES string of the molecule is COCCN1C(=O)C[C@](CC(=O)N2CCC([C@@H](O)c3ccccc3)CC2)(c2ccccc2F)C1=O. The maximum absolute atomic E-state index is 14.9. The minimum Gasteiger partial charge on any atom is -0.388 e. The summed E-state index contributed by atoms with van der Waals surface area (Å²) < 4.78 is 19.9. The van der Waals surface area contributed by atoms with E-state index in [1.807, 2.05) is 30.3 Å². The molecule has 3 amide bonds. The van der Waals surface area contributed by atoms with Gasteiger partial charge < -0.3 is 14.7 Å². The quantitative estimate of drug-likeness (QED) is 0.585. The maximum Gasteiger partial charge on any atom is 0.241 e. The summed E-state index contributed by atoms with van der Waals surface area (Å²) in [5, 5.41) is 10.7. The van der Waals surface area contributed by atoms with Crippen molar-refractivity contribution in [3.05, 3.63) is 71.5 Å². The van der Waals surface area contributed by atoms with Crippen molar-refractivity contribution < 1.29 is 28.6 Å². The Bertz CT molecular complexity index is 1070. The van der Waals surface area contributed by atoms with Crippen molar-refractivity contribution in [3.63, 3.8) is 0 Å². The molecular weight excluding hydrogens is 451 g/mol. The molecule has 0 aliphatic carbocycles. The number of carbonyl (C=O) groups excluding carboxylic acids is 3. The number of aliphatic hydroxyl groups excluding tert-OH is 1. The Morgan fingerprint density at radius 3 is 2.43 bits per heavy atom. The number of imide groups is 1. The van der Waals surface area contributed by atoms with E-state index in [0.717, 1.165) is 10.5 Å². The molecule has 2 atom stereocenters. The molecule has 1 N–H and O–H groups in total. The van der Waals surface area contributed by atoms with Crippen LogP contribution < -0.4 is 0 Å². The van der Waals surface area contributed by atoms with Crippen LogP contribution in [0.25, 0.3) is 0 Å². The standard InChI is InChI=1S/C27H31FN2O5/c1-35-16-15-30-24(32)18-27(26(30)34,21-9-5-6-10-22(21)28)17-23(31)29-13-11-20(12-14-29)25(33)19-7-3-2-4-8-19/h2-10,20,25,33H,11-18H2,1H3/t25-,27+/m0/s1.